The van der Waals surface area contributed by atoms with Crippen LogP contribution in [-0.4, -0.2) is 11.2 Å². The fourth-order valence-corrected chi connectivity index (χ4v) is 8.48. The van der Waals surface area contributed by atoms with E-state index in [9.17, 15) is 5.11 Å². The Balaban J connectivity index is 1.53. The van der Waals surface area contributed by atoms with Gasteiger partial charge in [-0.1, -0.05) is 65.5 Å². The summed E-state index contributed by atoms with van der Waals surface area (Å²) in [5.41, 5.74) is 4.80. The van der Waals surface area contributed by atoms with Gasteiger partial charge < -0.3 is 5.11 Å². The van der Waals surface area contributed by atoms with Gasteiger partial charge in [-0.05, 0) is 104 Å². The second-order valence-electron chi connectivity index (χ2n) is 12.6. The standard InChI is InChI=1S/C28H48O/c1-18(2)19(3)7-8-20(4)24-11-12-25-23-10-9-21-17-22(29)13-15-27(21,5)26(23)14-16-28(24,25)6/h18-22,24,26,29H,7-17H2,1-6H3/t19-,20+,21?,22+,24+,26-,27-,28+/m0/s1. The number of fused-ring (bicyclic) bond motifs is 4. The number of aliphatic hydroxyl groups excluding tert-OH is 1. The van der Waals surface area contributed by atoms with Crippen LogP contribution in [0.15, 0.2) is 11.1 Å². The van der Waals surface area contributed by atoms with Crippen molar-refractivity contribution in [3.63, 3.8) is 0 Å². The number of rotatable bonds is 5. The fourth-order valence-electron chi connectivity index (χ4n) is 8.48. The first-order valence-corrected chi connectivity index (χ1v) is 13.1. The molecule has 0 heterocycles. The maximum absolute atomic E-state index is 10.3. The molecule has 3 saturated carbocycles. The highest BCUT2D eigenvalue weighted by Crippen LogP contribution is 2.65. The van der Waals surface area contributed by atoms with Gasteiger partial charge in [-0.3, -0.25) is 0 Å². The molecule has 1 nitrogen and oxygen atoms in total. The molecule has 8 atom stereocenters. The Morgan fingerprint density at radius 1 is 0.931 bits per heavy atom. The van der Waals surface area contributed by atoms with E-state index in [4.69, 9.17) is 0 Å². The molecule has 0 aromatic carbocycles. The van der Waals surface area contributed by atoms with E-state index in [2.05, 4.69) is 41.5 Å². The fraction of sp³-hybridized carbons (Fsp3) is 0.929. The largest absolute Gasteiger partial charge is 0.393 e. The van der Waals surface area contributed by atoms with Crippen LogP contribution in [0.4, 0.5) is 0 Å². The second-order valence-corrected chi connectivity index (χ2v) is 12.6. The molecule has 4 aliphatic rings. The minimum atomic E-state index is -0.0268. The van der Waals surface area contributed by atoms with Gasteiger partial charge in [0.25, 0.3) is 0 Å². The van der Waals surface area contributed by atoms with Crippen molar-refractivity contribution in [3.05, 3.63) is 11.1 Å². The molecule has 1 unspecified atom stereocenters. The third kappa shape index (κ3) is 3.66. The van der Waals surface area contributed by atoms with Crippen molar-refractivity contribution in [2.45, 2.75) is 118 Å². The summed E-state index contributed by atoms with van der Waals surface area (Å²) >= 11 is 0. The summed E-state index contributed by atoms with van der Waals surface area (Å²) in [5, 5.41) is 10.3. The summed E-state index contributed by atoms with van der Waals surface area (Å²) in [5.74, 6) is 5.04. The van der Waals surface area contributed by atoms with Crippen molar-refractivity contribution in [2.75, 3.05) is 0 Å². The highest BCUT2D eigenvalue weighted by Gasteiger charge is 2.55. The zero-order valence-electron chi connectivity index (χ0n) is 20.3. The maximum Gasteiger partial charge on any atom is 0.0543 e. The Hall–Kier alpha value is -0.300. The molecule has 166 valence electrons. The molecule has 0 aliphatic heterocycles. The van der Waals surface area contributed by atoms with E-state index in [0.29, 0.717) is 10.8 Å². The van der Waals surface area contributed by atoms with E-state index in [1.165, 1.54) is 57.8 Å². The van der Waals surface area contributed by atoms with Gasteiger partial charge in [0.1, 0.15) is 0 Å². The van der Waals surface area contributed by atoms with E-state index < -0.39 is 0 Å². The van der Waals surface area contributed by atoms with E-state index in [1.54, 1.807) is 0 Å². The summed E-state index contributed by atoms with van der Waals surface area (Å²) in [7, 11) is 0. The second kappa shape index (κ2) is 7.99. The van der Waals surface area contributed by atoms with Crippen LogP contribution in [0.1, 0.15) is 112 Å². The van der Waals surface area contributed by atoms with Crippen LogP contribution >= 0.6 is 0 Å². The lowest BCUT2D eigenvalue weighted by molar-refractivity contribution is -0.0381. The molecule has 1 heteroatoms. The molecule has 0 aromatic heterocycles. The van der Waals surface area contributed by atoms with Gasteiger partial charge in [0.2, 0.25) is 0 Å². The Morgan fingerprint density at radius 2 is 1.69 bits per heavy atom. The van der Waals surface area contributed by atoms with E-state index >= 15 is 0 Å². The molecule has 1 N–H and O–H groups in total. The van der Waals surface area contributed by atoms with Crippen LogP contribution in [0.3, 0.4) is 0 Å². The number of hydrogen-bond donors (Lipinski definition) is 1. The van der Waals surface area contributed by atoms with Crippen LogP contribution in [0.2, 0.25) is 0 Å². The number of allylic oxidation sites excluding steroid dienone is 2. The van der Waals surface area contributed by atoms with Crippen molar-refractivity contribution < 1.29 is 5.11 Å². The van der Waals surface area contributed by atoms with Crippen LogP contribution < -0.4 is 0 Å². The first kappa shape index (κ1) is 21.9. The first-order chi connectivity index (χ1) is 13.7. The minimum absolute atomic E-state index is 0.0268. The molecule has 4 aliphatic carbocycles. The van der Waals surface area contributed by atoms with E-state index in [-0.39, 0.29) is 6.10 Å². The van der Waals surface area contributed by atoms with Crippen LogP contribution in [0.5, 0.6) is 0 Å². The molecule has 0 aromatic rings. The lowest BCUT2D eigenvalue weighted by atomic mass is 9.49. The first-order valence-electron chi connectivity index (χ1n) is 13.1. The molecule has 0 amide bonds. The average Bonchev–Trinajstić information content (AvgIpc) is 3.03. The predicted molar refractivity (Wildman–Crippen MR) is 124 cm³/mol. The van der Waals surface area contributed by atoms with Crippen LogP contribution in [0.25, 0.3) is 0 Å². The van der Waals surface area contributed by atoms with E-state index in [1.807, 2.05) is 11.1 Å². The summed E-state index contributed by atoms with van der Waals surface area (Å²) in [6.07, 6.45) is 14.5. The average molecular weight is 401 g/mol. The maximum atomic E-state index is 10.3. The molecule has 0 saturated heterocycles. The smallest absolute Gasteiger partial charge is 0.0543 e. The normalized spacial score (nSPS) is 44.3. The molecular weight excluding hydrogens is 352 g/mol. The van der Waals surface area contributed by atoms with Crippen LogP contribution in [0, 0.1) is 46.3 Å². The molecule has 0 spiro atoms. The van der Waals surface area contributed by atoms with Gasteiger partial charge in [-0.15, -0.1) is 0 Å². The molecule has 4 rings (SSSR count). The van der Waals surface area contributed by atoms with Crippen molar-refractivity contribution >= 4 is 0 Å². The Morgan fingerprint density at radius 3 is 2.41 bits per heavy atom. The SMILES string of the molecule is CC(C)[C@@H](C)CC[C@@H](C)[C@H]1CCC2=C3CCC4C[C@H](O)CC[C@]4(C)[C@H]3CC[C@@]21C. The highest BCUT2D eigenvalue weighted by molar-refractivity contribution is 5.34. The van der Waals surface area contributed by atoms with Gasteiger partial charge in [-0.2, -0.15) is 0 Å². The quantitative estimate of drug-likeness (QED) is 0.467. The molecule has 3 fully saturated rings. The Labute approximate surface area is 181 Å². The summed E-state index contributed by atoms with van der Waals surface area (Å²) in [6, 6.07) is 0. The molecular formula is C28H48O. The summed E-state index contributed by atoms with van der Waals surface area (Å²) in [6.45, 7) is 15.0. The third-order valence-corrected chi connectivity index (χ3v) is 10.9. The molecule has 0 bridgehead atoms. The lowest BCUT2D eigenvalue weighted by Gasteiger charge is -2.56. The van der Waals surface area contributed by atoms with Crippen molar-refractivity contribution in [2.24, 2.45) is 46.3 Å². The number of hydrogen-bond acceptors (Lipinski definition) is 1. The monoisotopic (exact) mass is 400 g/mol. The van der Waals surface area contributed by atoms with Crippen molar-refractivity contribution in [1.82, 2.24) is 0 Å². The van der Waals surface area contributed by atoms with Gasteiger partial charge in [0, 0.05) is 0 Å². The summed E-state index contributed by atoms with van der Waals surface area (Å²) in [4.78, 5) is 0. The van der Waals surface area contributed by atoms with Gasteiger partial charge >= 0.3 is 0 Å². The highest BCUT2D eigenvalue weighted by atomic mass is 16.3. The summed E-state index contributed by atoms with van der Waals surface area (Å²) < 4.78 is 0. The Bertz CT molecular complexity index is 632. The topological polar surface area (TPSA) is 20.2 Å². The van der Waals surface area contributed by atoms with Gasteiger partial charge in [-0.25, -0.2) is 0 Å². The zero-order chi connectivity index (χ0) is 21.0. The predicted octanol–water partition coefficient (Wildman–Crippen LogP) is 7.78. The van der Waals surface area contributed by atoms with Crippen LogP contribution in [-0.2, 0) is 0 Å². The molecule has 0 radical (unpaired) electrons. The Kier molecular flexibility index (Phi) is 6.04. The third-order valence-electron chi connectivity index (χ3n) is 10.9. The van der Waals surface area contributed by atoms with Crippen molar-refractivity contribution in [3.8, 4) is 0 Å². The molecule has 29 heavy (non-hydrogen) atoms. The number of aliphatic hydroxyl groups is 1. The van der Waals surface area contributed by atoms with Gasteiger partial charge in [0.05, 0.1) is 6.10 Å². The lowest BCUT2D eigenvalue weighted by Crippen LogP contribution is -2.48. The zero-order valence-corrected chi connectivity index (χ0v) is 20.3. The van der Waals surface area contributed by atoms with Gasteiger partial charge in [0.15, 0.2) is 0 Å². The van der Waals surface area contributed by atoms with Crippen molar-refractivity contribution in [1.29, 1.82) is 0 Å². The minimum Gasteiger partial charge on any atom is -0.393 e. The van der Waals surface area contributed by atoms with E-state index in [0.717, 1.165) is 48.3 Å².